The van der Waals surface area contributed by atoms with Gasteiger partial charge in [0.15, 0.2) is 11.5 Å². The first-order valence-electron chi connectivity index (χ1n) is 11.6. The van der Waals surface area contributed by atoms with Gasteiger partial charge in [0.25, 0.3) is 0 Å². The van der Waals surface area contributed by atoms with Crippen molar-refractivity contribution in [1.29, 1.82) is 0 Å². The van der Waals surface area contributed by atoms with E-state index in [4.69, 9.17) is 30.4 Å². The maximum absolute atomic E-state index is 6.03. The van der Waals surface area contributed by atoms with Crippen LogP contribution in [0.5, 0.6) is 11.5 Å². The number of fused-ring (bicyclic) bond motifs is 1. The molecular formula is C29H29N3O4. The molecule has 0 saturated carbocycles. The summed E-state index contributed by atoms with van der Waals surface area (Å²) in [6, 6.07) is 19.8. The molecule has 0 saturated heterocycles. The molecule has 7 nitrogen and oxygen atoms in total. The number of benzene rings is 3. The Morgan fingerprint density at radius 2 is 1.53 bits per heavy atom. The van der Waals surface area contributed by atoms with Crippen LogP contribution in [-0.4, -0.2) is 50.6 Å². The lowest BCUT2D eigenvalue weighted by Crippen LogP contribution is -2.14. The summed E-state index contributed by atoms with van der Waals surface area (Å²) in [7, 11) is 3.27. The molecule has 1 heterocycles. The highest BCUT2D eigenvalue weighted by Crippen LogP contribution is 2.41. The molecule has 0 aliphatic heterocycles. The molecule has 0 atom stereocenters. The first kappa shape index (κ1) is 25.0. The van der Waals surface area contributed by atoms with Crippen molar-refractivity contribution < 1.29 is 18.9 Å². The predicted octanol–water partition coefficient (Wildman–Crippen LogP) is 5.44. The summed E-state index contributed by atoms with van der Waals surface area (Å²) in [5.41, 5.74) is 4.39. The van der Waals surface area contributed by atoms with E-state index in [0.717, 1.165) is 33.4 Å². The number of anilines is 3. The fourth-order valence-electron chi connectivity index (χ4n) is 3.90. The van der Waals surface area contributed by atoms with Crippen LogP contribution in [0.25, 0.3) is 10.9 Å². The van der Waals surface area contributed by atoms with E-state index in [1.54, 1.807) is 20.5 Å². The Balaban J connectivity index is 1.91. The average Bonchev–Trinajstić information content (AvgIpc) is 2.91. The van der Waals surface area contributed by atoms with Crippen LogP contribution >= 0.6 is 0 Å². The van der Waals surface area contributed by atoms with Crippen LogP contribution in [0.4, 0.5) is 17.2 Å². The number of hydrogen-bond acceptors (Lipinski definition) is 7. The second-order valence-electron chi connectivity index (χ2n) is 7.96. The number of hydrogen-bond donors (Lipinski definition) is 0. The van der Waals surface area contributed by atoms with E-state index in [1.807, 2.05) is 67.6 Å². The summed E-state index contributed by atoms with van der Waals surface area (Å²) in [4.78, 5) is 11.3. The molecular weight excluding hydrogens is 454 g/mol. The average molecular weight is 484 g/mol. The fraction of sp³-hybridized carbons (Fsp3) is 0.241. The van der Waals surface area contributed by atoms with E-state index >= 15 is 0 Å². The molecule has 0 bridgehead atoms. The molecule has 0 fully saturated rings. The lowest BCUT2D eigenvalue weighted by molar-refractivity contribution is 0.132. The van der Waals surface area contributed by atoms with Gasteiger partial charge in [-0.25, -0.2) is 9.97 Å². The number of methoxy groups -OCH3 is 2. The summed E-state index contributed by atoms with van der Waals surface area (Å²) >= 11 is 0. The number of nitrogens with zero attached hydrogens (tertiary/aromatic N) is 3. The Labute approximate surface area is 211 Å². The molecule has 0 aliphatic rings. The number of terminal acetylenes is 1. The molecule has 0 N–H and O–H groups in total. The van der Waals surface area contributed by atoms with E-state index in [0.29, 0.717) is 43.7 Å². The highest BCUT2D eigenvalue weighted by molar-refractivity contribution is 5.97. The van der Waals surface area contributed by atoms with Crippen molar-refractivity contribution in [2.75, 3.05) is 45.5 Å². The van der Waals surface area contributed by atoms with Crippen LogP contribution in [0.3, 0.4) is 0 Å². The van der Waals surface area contributed by atoms with Gasteiger partial charge in [0.1, 0.15) is 25.4 Å². The molecule has 0 amide bonds. The number of ether oxygens (including phenoxy) is 4. The molecule has 0 spiro atoms. The van der Waals surface area contributed by atoms with E-state index in [1.165, 1.54) is 0 Å². The molecule has 7 heteroatoms. The zero-order chi connectivity index (χ0) is 25.3. The largest absolute Gasteiger partial charge is 0.487 e. The third kappa shape index (κ3) is 5.41. The first-order valence-corrected chi connectivity index (χ1v) is 11.6. The maximum atomic E-state index is 6.03. The SMILES string of the molecule is C#Cc1cccc(N(c2ccccc2)c2ncnc3cc(OCCOC)c(OCCOC)cc23)c1C. The van der Waals surface area contributed by atoms with Gasteiger partial charge in [-0.15, -0.1) is 6.42 Å². The minimum atomic E-state index is 0.372. The monoisotopic (exact) mass is 483 g/mol. The van der Waals surface area contributed by atoms with E-state index in [9.17, 15) is 0 Å². The number of para-hydroxylation sites is 1. The van der Waals surface area contributed by atoms with Gasteiger partial charge in [0, 0.05) is 36.9 Å². The smallest absolute Gasteiger partial charge is 0.163 e. The Morgan fingerprint density at radius 1 is 0.833 bits per heavy atom. The van der Waals surface area contributed by atoms with Crippen molar-refractivity contribution in [2.45, 2.75) is 6.92 Å². The van der Waals surface area contributed by atoms with Gasteiger partial charge in [-0.05, 0) is 42.8 Å². The van der Waals surface area contributed by atoms with Crippen molar-refractivity contribution in [3.8, 4) is 23.8 Å². The van der Waals surface area contributed by atoms with Gasteiger partial charge in [0.05, 0.1) is 24.4 Å². The summed E-state index contributed by atoms with van der Waals surface area (Å²) < 4.78 is 22.3. The first-order chi connectivity index (χ1) is 17.7. The van der Waals surface area contributed by atoms with E-state index in [2.05, 4.69) is 15.8 Å². The molecule has 0 unspecified atom stereocenters. The summed E-state index contributed by atoms with van der Waals surface area (Å²) in [6.45, 7) is 3.68. The van der Waals surface area contributed by atoms with Crippen molar-refractivity contribution >= 4 is 28.1 Å². The van der Waals surface area contributed by atoms with Crippen LogP contribution in [0.15, 0.2) is 67.0 Å². The van der Waals surface area contributed by atoms with Crippen LogP contribution in [0.1, 0.15) is 11.1 Å². The lowest BCUT2D eigenvalue weighted by Gasteiger charge is -2.27. The van der Waals surface area contributed by atoms with Gasteiger partial charge in [-0.3, -0.25) is 4.90 Å². The van der Waals surface area contributed by atoms with Crippen LogP contribution in [0.2, 0.25) is 0 Å². The van der Waals surface area contributed by atoms with E-state index in [-0.39, 0.29) is 0 Å². The molecule has 4 rings (SSSR count). The topological polar surface area (TPSA) is 65.9 Å². The van der Waals surface area contributed by atoms with E-state index < -0.39 is 0 Å². The zero-order valence-corrected chi connectivity index (χ0v) is 20.7. The molecule has 0 radical (unpaired) electrons. The molecule has 184 valence electrons. The summed E-state index contributed by atoms with van der Waals surface area (Å²) in [5.74, 6) is 4.64. The Bertz CT molecular complexity index is 1350. The summed E-state index contributed by atoms with van der Waals surface area (Å²) in [6.07, 6.45) is 7.34. The quantitative estimate of drug-likeness (QED) is 0.208. The summed E-state index contributed by atoms with van der Waals surface area (Å²) in [5, 5.41) is 0.804. The second-order valence-corrected chi connectivity index (χ2v) is 7.96. The minimum absolute atomic E-state index is 0.372. The van der Waals surface area contributed by atoms with Crippen molar-refractivity contribution in [3.05, 3.63) is 78.1 Å². The maximum Gasteiger partial charge on any atom is 0.163 e. The molecule has 1 aromatic heterocycles. The van der Waals surface area contributed by atoms with Crippen molar-refractivity contribution in [1.82, 2.24) is 9.97 Å². The van der Waals surface area contributed by atoms with Crippen molar-refractivity contribution in [3.63, 3.8) is 0 Å². The lowest BCUT2D eigenvalue weighted by atomic mass is 10.0. The van der Waals surface area contributed by atoms with Gasteiger partial charge < -0.3 is 18.9 Å². The molecule has 36 heavy (non-hydrogen) atoms. The van der Waals surface area contributed by atoms with Crippen molar-refractivity contribution in [2.24, 2.45) is 0 Å². The Morgan fingerprint density at radius 3 is 2.19 bits per heavy atom. The third-order valence-electron chi connectivity index (χ3n) is 5.70. The Hall–Kier alpha value is -4.12. The van der Waals surface area contributed by atoms with Gasteiger partial charge in [0.2, 0.25) is 0 Å². The Kier molecular flexibility index (Phi) is 8.35. The van der Waals surface area contributed by atoms with Crippen LogP contribution < -0.4 is 14.4 Å². The second kappa shape index (κ2) is 12.0. The molecule has 0 aliphatic carbocycles. The molecule has 4 aromatic rings. The number of rotatable bonds is 11. The van der Waals surface area contributed by atoms with Gasteiger partial charge in [-0.2, -0.15) is 0 Å². The standard InChI is InChI=1S/C29H29N3O4/c1-5-22-10-9-13-26(21(22)2)32(23-11-7-6-8-12-23)29-24-18-27(35-16-14-33-3)28(36-17-15-34-4)19-25(24)30-20-31-29/h1,6-13,18-20H,14-17H2,2-4H3. The minimum Gasteiger partial charge on any atom is -0.487 e. The highest BCUT2D eigenvalue weighted by atomic mass is 16.5. The van der Waals surface area contributed by atoms with Gasteiger partial charge >= 0.3 is 0 Å². The molecule has 3 aromatic carbocycles. The highest BCUT2D eigenvalue weighted by Gasteiger charge is 2.21. The van der Waals surface area contributed by atoms with Crippen LogP contribution in [-0.2, 0) is 9.47 Å². The van der Waals surface area contributed by atoms with Crippen LogP contribution in [0, 0.1) is 19.3 Å². The fourth-order valence-corrected chi connectivity index (χ4v) is 3.90. The normalized spacial score (nSPS) is 10.7. The third-order valence-corrected chi connectivity index (χ3v) is 5.70. The predicted molar refractivity (Wildman–Crippen MR) is 142 cm³/mol. The number of aromatic nitrogens is 2. The zero-order valence-electron chi connectivity index (χ0n) is 20.7. The van der Waals surface area contributed by atoms with Gasteiger partial charge in [-0.1, -0.05) is 30.2 Å².